The van der Waals surface area contributed by atoms with Gasteiger partial charge in [0.1, 0.15) is 0 Å². The molecule has 70 valence electrons. The molecule has 0 fully saturated rings. The minimum absolute atomic E-state index is 0.0142. The number of rotatable bonds is 3. The van der Waals surface area contributed by atoms with Crippen LogP contribution in [0.2, 0.25) is 0 Å². The molecule has 0 aliphatic carbocycles. The molecule has 0 radical (unpaired) electrons. The van der Waals surface area contributed by atoms with Crippen LogP contribution in [0.5, 0.6) is 0 Å². The fourth-order valence-electron chi connectivity index (χ4n) is 1.32. The normalized spacial score (nSPS) is 12.8. The molecule has 0 saturated carbocycles. The largest absolute Gasteiger partial charge is 0.401 e. The molecular weight excluding hydrogens is 152 g/mol. The monoisotopic (exact) mass is 170 g/mol. The van der Waals surface area contributed by atoms with E-state index in [0.29, 0.717) is 11.6 Å². The molecular formula is C9H18N2O. The number of nitrogens with two attached hydrogens (primary N) is 1. The average molecular weight is 170 g/mol. The van der Waals surface area contributed by atoms with Gasteiger partial charge in [0.25, 0.3) is 0 Å². The Labute approximate surface area is 74.2 Å². The number of carbonyl (C=O) groups is 1. The number of carbonyl (C=O) groups excluding carboxylic acids is 1. The molecule has 0 spiro atoms. The van der Waals surface area contributed by atoms with Crippen LogP contribution in [0, 0.1) is 5.92 Å². The third kappa shape index (κ3) is 2.57. The summed E-state index contributed by atoms with van der Waals surface area (Å²) in [5, 5.41) is 0. The lowest BCUT2D eigenvalue weighted by Crippen LogP contribution is -2.42. The van der Waals surface area contributed by atoms with E-state index in [1.807, 2.05) is 13.8 Å². The molecule has 2 N–H and O–H groups in total. The Morgan fingerprint density at radius 1 is 1.50 bits per heavy atom. The molecule has 1 amide bonds. The minimum Gasteiger partial charge on any atom is -0.401 e. The highest BCUT2D eigenvalue weighted by atomic mass is 16.2. The number of likely N-dealkylation sites (N-methyl/N-ethyl adjacent to an activating group) is 1. The summed E-state index contributed by atoms with van der Waals surface area (Å²) in [7, 11) is 1.74. The summed E-state index contributed by atoms with van der Waals surface area (Å²) in [6.07, 6.45) is 0. The molecule has 0 aromatic rings. The summed E-state index contributed by atoms with van der Waals surface area (Å²) in [6, 6.07) is -0.0532. The van der Waals surface area contributed by atoms with Crippen LogP contribution in [0.4, 0.5) is 0 Å². The summed E-state index contributed by atoms with van der Waals surface area (Å²) in [5.41, 5.74) is 6.13. The fourth-order valence-corrected chi connectivity index (χ4v) is 1.32. The van der Waals surface area contributed by atoms with Crippen molar-refractivity contribution in [3.05, 3.63) is 12.3 Å². The van der Waals surface area contributed by atoms with Crippen LogP contribution in [0.25, 0.3) is 0 Å². The van der Waals surface area contributed by atoms with Gasteiger partial charge >= 0.3 is 0 Å². The lowest BCUT2D eigenvalue weighted by atomic mass is 10.0. The SMILES string of the molecule is C=C(N)C(C(C)C)N(C)C(C)=O. The molecule has 0 aromatic heterocycles. The maximum absolute atomic E-state index is 11.0. The zero-order chi connectivity index (χ0) is 9.89. The molecule has 0 aliphatic rings. The molecule has 0 saturated heterocycles. The number of nitrogens with zero attached hydrogens (tertiary/aromatic N) is 1. The van der Waals surface area contributed by atoms with Crippen molar-refractivity contribution in [2.75, 3.05) is 7.05 Å². The van der Waals surface area contributed by atoms with Crippen LogP contribution in [0.1, 0.15) is 20.8 Å². The summed E-state index contributed by atoms with van der Waals surface area (Å²) in [4.78, 5) is 12.6. The number of hydrogen-bond acceptors (Lipinski definition) is 2. The molecule has 0 aliphatic heterocycles. The fraction of sp³-hybridized carbons (Fsp3) is 0.667. The molecule has 1 unspecified atom stereocenters. The molecule has 0 bridgehead atoms. The maximum atomic E-state index is 11.0. The van der Waals surface area contributed by atoms with Crippen molar-refractivity contribution in [3.8, 4) is 0 Å². The molecule has 0 heterocycles. The van der Waals surface area contributed by atoms with Gasteiger partial charge in [-0.2, -0.15) is 0 Å². The van der Waals surface area contributed by atoms with Crippen molar-refractivity contribution in [1.29, 1.82) is 0 Å². The standard InChI is InChI=1S/C9H18N2O/c1-6(2)9(7(3)10)11(5)8(4)12/h6,9H,3,10H2,1-2,4-5H3. The van der Waals surface area contributed by atoms with Gasteiger partial charge < -0.3 is 10.6 Å². The van der Waals surface area contributed by atoms with E-state index in [1.54, 1.807) is 11.9 Å². The molecule has 3 nitrogen and oxygen atoms in total. The lowest BCUT2D eigenvalue weighted by Gasteiger charge is -2.30. The van der Waals surface area contributed by atoms with Gasteiger partial charge in [0.05, 0.1) is 6.04 Å². The first-order chi connectivity index (χ1) is 5.37. The van der Waals surface area contributed by atoms with Crippen LogP contribution >= 0.6 is 0 Å². The lowest BCUT2D eigenvalue weighted by molar-refractivity contribution is -0.129. The smallest absolute Gasteiger partial charge is 0.219 e. The van der Waals surface area contributed by atoms with Crippen molar-refractivity contribution in [3.63, 3.8) is 0 Å². The highest BCUT2D eigenvalue weighted by Crippen LogP contribution is 2.13. The van der Waals surface area contributed by atoms with E-state index in [2.05, 4.69) is 6.58 Å². The summed E-state index contributed by atoms with van der Waals surface area (Å²) in [5.74, 6) is 0.316. The first-order valence-corrected chi connectivity index (χ1v) is 4.05. The summed E-state index contributed by atoms with van der Waals surface area (Å²) < 4.78 is 0. The van der Waals surface area contributed by atoms with Crippen LogP contribution < -0.4 is 5.73 Å². The van der Waals surface area contributed by atoms with E-state index < -0.39 is 0 Å². The third-order valence-corrected chi connectivity index (χ3v) is 1.93. The second-order valence-electron chi connectivity index (χ2n) is 3.39. The quantitative estimate of drug-likeness (QED) is 0.685. The van der Waals surface area contributed by atoms with E-state index in [4.69, 9.17) is 5.73 Å². The Kier molecular flexibility index (Phi) is 3.80. The van der Waals surface area contributed by atoms with Crippen molar-refractivity contribution >= 4 is 5.91 Å². The van der Waals surface area contributed by atoms with Crippen LogP contribution in [0.15, 0.2) is 12.3 Å². The molecule has 0 rings (SSSR count). The Morgan fingerprint density at radius 2 is 1.92 bits per heavy atom. The van der Waals surface area contributed by atoms with E-state index >= 15 is 0 Å². The molecule has 12 heavy (non-hydrogen) atoms. The number of amides is 1. The topological polar surface area (TPSA) is 46.3 Å². The first kappa shape index (κ1) is 11.0. The zero-order valence-corrected chi connectivity index (χ0v) is 8.29. The van der Waals surface area contributed by atoms with Crippen LogP contribution in [-0.2, 0) is 4.79 Å². The van der Waals surface area contributed by atoms with Crippen LogP contribution in [-0.4, -0.2) is 23.9 Å². The second kappa shape index (κ2) is 4.14. The van der Waals surface area contributed by atoms with Gasteiger partial charge in [0, 0.05) is 19.7 Å². The highest BCUT2D eigenvalue weighted by molar-refractivity contribution is 5.73. The summed E-state index contributed by atoms with van der Waals surface area (Å²) >= 11 is 0. The Hall–Kier alpha value is -0.990. The number of hydrogen-bond donors (Lipinski definition) is 1. The van der Waals surface area contributed by atoms with Gasteiger partial charge in [0.15, 0.2) is 0 Å². The third-order valence-electron chi connectivity index (χ3n) is 1.93. The van der Waals surface area contributed by atoms with E-state index in [-0.39, 0.29) is 11.9 Å². The zero-order valence-electron chi connectivity index (χ0n) is 8.29. The Morgan fingerprint density at radius 3 is 2.00 bits per heavy atom. The first-order valence-electron chi connectivity index (χ1n) is 4.05. The minimum atomic E-state index is -0.0532. The second-order valence-corrected chi connectivity index (χ2v) is 3.39. The average Bonchev–Trinajstić information content (AvgIpc) is 1.85. The van der Waals surface area contributed by atoms with Gasteiger partial charge in [-0.3, -0.25) is 4.79 Å². The van der Waals surface area contributed by atoms with E-state index in [1.165, 1.54) is 6.92 Å². The van der Waals surface area contributed by atoms with E-state index in [9.17, 15) is 4.79 Å². The Bertz CT molecular complexity index is 187. The van der Waals surface area contributed by atoms with Crippen molar-refractivity contribution in [1.82, 2.24) is 4.90 Å². The van der Waals surface area contributed by atoms with Gasteiger partial charge in [-0.25, -0.2) is 0 Å². The predicted octanol–water partition coefficient (Wildman–Crippen LogP) is 0.962. The van der Waals surface area contributed by atoms with Crippen molar-refractivity contribution in [2.45, 2.75) is 26.8 Å². The molecule has 0 aromatic carbocycles. The van der Waals surface area contributed by atoms with Gasteiger partial charge in [-0.05, 0) is 5.92 Å². The van der Waals surface area contributed by atoms with Gasteiger partial charge in [-0.1, -0.05) is 20.4 Å². The van der Waals surface area contributed by atoms with Crippen molar-refractivity contribution < 1.29 is 4.79 Å². The molecule has 3 heteroatoms. The predicted molar refractivity (Wildman–Crippen MR) is 50.4 cm³/mol. The maximum Gasteiger partial charge on any atom is 0.219 e. The highest BCUT2D eigenvalue weighted by Gasteiger charge is 2.21. The summed E-state index contributed by atoms with van der Waals surface area (Å²) in [6.45, 7) is 9.22. The van der Waals surface area contributed by atoms with E-state index in [0.717, 1.165) is 0 Å². The van der Waals surface area contributed by atoms with Gasteiger partial charge in [0.2, 0.25) is 5.91 Å². The Balaban J connectivity index is 4.51. The van der Waals surface area contributed by atoms with Gasteiger partial charge in [-0.15, -0.1) is 0 Å². The van der Waals surface area contributed by atoms with Crippen LogP contribution in [0.3, 0.4) is 0 Å². The van der Waals surface area contributed by atoms with Crippen molar-refractivity contribution in [2.24, 2.45) is 11.7 Å². The molecule has 1 atom stereocenters.